The number of hydrogen-bond acceptors (Lipinski definition) is 5. The van der Waals surface area contributed by atoms with Crippen LogP contribution < -0.4 is 16.6 Å². The van der Waals surface area contributed by atoms with Gasteiger partial charge in [-0.15, -0.1) is 0 Å². The standard InChI is InChI=1S/C22H32N4O3/c1-5-6-7-8-9-10-14-23-17-12-11-13-18(15-17)24-16(2)19-20(27)25(3)22(29)26(4)21(19)28/h11-13,15,23,27H,5-10,14H2,1-4H3. The third kappa shape index (κ3) is 5.82. The summed E-state index contributed by atoms with van der Waals surface area (Å²) in [5.74, 6) is -0.378. The topological polar surface area (TPSA) is 88.6 Å². The number of aromatic hydroxyl groups is 1. The first-order valence-electron chi connectivity index (χ1n) is 10.2. The van der Waals surface area contributed by atoms with Crippen molar-refractivity contribution in [3.63, 3.8) is 0 Å². The SMILES string of the molecule is CCCCCCCCNc1cccc(N=C(C)c2c(O)n(C)c(=O)n(C)c2=O)c1. The van der Waals surface area contributed by atoms with Crippen LogP contribution in [-0.2, 0) is 14.1 Å². The minimum Gasteiger partial charge on any atom is -0.494 e. The summed E-state index contributed by atoms with van der Waals surface area (Å²) < 4.78 is 2.00. The van der Waals surface area contributed by atoms with Crippen molar-refractivity contribution in [3.05, 3.63) is 50.7 Å². The minimum absolute atomic E-state index is 0.0278. The zero-order valence-corrected chi connectivity index (χ0v) is 17.9. The third-order valence-electron chi connectivity index (χ3n) is 5.00. The molecule has 0 aliphatic heterocycles. The Hall–Kier alpha value is -2.83. The van der Waals surface area contributed by atoms with Gasteiger partial charge >= 0.3 is 5.69 Å². The average molecular weight is 401 g/mol. The zero-order chi connectivity index (χ0) is 21.4. The first kappa shape index (κ1) is 22.5. The first-order valence-corrected chi connectivity index (χ1v) is 10.2. The molecule has 2 rings (SSSR count). The van der Waals surface area contributed by atoms with E-state index in [2.05, 4.69) is 17.2 Å². The van der Waals surface area contributed by atoms with Crippen molar-refractivity contribution >= 4 is 17.1 Å². The molecule has 0 fully saturated rings. The number of unbranched alkanes of at least 4 members (excludes halogenated alkanes) is 5. The maximum absolute atomic E-state index is 12.4. The normalized spacial score (nSPS) is 11.7. The van der Waals surface area contributed by atoms with Crippen LogP contribution in [0.3, 0.4) is 0 Å². The number of anilines is 1. The van der Waals surface area contributed by atoms with Crippen molar-refractivity contribution in [2.24, 2.45) is 19.1 Å². The lowest BCUT2D eigenvalue weighted by Gasteiger charge is -2.10. The van der Waals surface area contributed by atoms with Crippen LogP contribution in [0.25, 0.3) is 0 Å². The van der Waals surface area contributed by atoms with Crippen LogP contribution in [0.1, 0.15) is 57.9 Å². The fourth-order valence-corrected chi connectivity index (χ4v) is 3.22. The Morgan fingerprint density at radius 2 is 1.76 bits per heavy atom. The molecule has 1 aromatic carbocycles. The molecular formula is C22H32N4O3. The summed E-state index contributed by atoms with van der Waals surface area (Å²) in [6, 6.07) is 7.62. The summed E-state index contributed by atoms with van der Waals surface area (Å²) in [6.07, 6.45) is 7.49. The molecule has 0 spiro atoms. The van der Waals surface area contributed by atoms with Gasteiger partial charge in [0.25, 0.3) is 5.56 Å². The third-order valence-corrected chi connectivity index (χ3v) is 5.00. The Balaban J connectivity index is 2.11. The van der Waals surface area contributed by atoms with Crippen LogP contribution in [-0.4, -0.2) is 26.5 Å². The van der Waals surface area contributed by atoms with Gasteiger partial charge in [-0.3, -0.25) is 18.9 Å². The van der Waals surface area contributed by atoms with E-state index >= 15 is 0 Å². The average Bonchev–Trinajstić information content (AvgIpc) is 2.70. The Bertz CT molecular complexity index is 973. The highest BCUT2D eigenvalue weighted by Crippen LogP contribution is 2.20. The molecule has 1 aromatic heterocycles. The smallest absolute Gasteiger partial charge is 0.333 e. The van der Waals surface area contributed by atoms with E-state index in [1.54, 1.807) is 6.92 Å². The van der Waals surface area contributed by atoms with Gasteiger partial charge in [0.15, 0.2) is 0 Å². The van der Waals surface area contributed by atoms with E-state index < -0.39 is 11.2 Å². The quantitative estimate of drug-likeness (QED) is 0.470. The molecule has 0 atom stereocenters. The van der Waals surface area contributed by atoms with Gasteiger partial charge < -0.3 is 10.4 Å². The highest BCUT2D eigenvalue weighted by molar-refractivity contribution is 6.01. The first-order chi connectivity index (χ1) is 13.9. The summed E-state index contributed by atoms with van der Waals surface area (Å²) >= 11 is 0. The Labute approximate surface area is 171 Å². The Kier molecular flexibility index (Phi) is 8.24. The van der Waals surface area contributed by atoms with Gasteiger partial charge in [-0.1, -0.05) is 45.1 Å². The highest BCUT2D eigenvalue weighted by Gasteiger charge is 2.17. The maximum Gasteiger partial charge on any atom is 0.333 e. The van der Waals surface area contributed by atoms with Gasteiger partial charge in [0, 0.05) is 26.3 Å². The van der Waals surface area contributed by atoms with Gasteiger partial charge in [-0.2, -0.15) is 0 Å². The molecule has 29 heavy (non-hydrogen) atoms. The van der Waals surface area contributed by atoms with Gasteiger partial charge in [0.2, 0.25) is 5.88 Å². The lowest BCUT2D eigenvalue weighted by atomic mass is 10.1. The molecule has 0 aliphatic carbocycles. The van der Waals surface area contributed by atoms with E-state index in [-0.39, 0.29) is 11.4 Å². The van der Waals surface area contributed by atoms with Gasteiger partial charge in [-0.25, -0.2) is 4.79 Å². The largest absolute Gasteiger partial charge is 0.494 e. The van der Waals surface area contributed by atoms with E-state index in [0.29, 0.717) is 11.4 Å². The minimum atomic E-state index is -0.579. The number of aliphatic imine (C=N–C) groups is 1. The van der Waals surface area contributed by atoms with Crippen molar-refractivity contribution in [2.75, 3.05) is 11.9 Å². The van der Waals surface area contributed by atoms with E-state index in [0.717, 1.165) is 27.8 Å². The fraction of sp³-hybridized carbons (Fsp3) is 0.500. The van der Waals surface area contributed by atoms with Crippen molar-refractivity contribution in [2.45, 2.75) is 52.4 Å². The molecule has 0 saturated heterocycles. The van der Waals surface area contributed by atoms with E-state index in [1.807, 2.05) is 24.3 Å². The number of rotatable bonds is 10. The summed E-state index contributed by atoms with van der Waals surface area (Å²) in [5.41, 5.74) is 0.872. The predicted molar refractivity (Wildman–Crippen MR) is 119 cm³/mol. The molecule has 7 nitrogen and oxygen atoms in total. The molecule has 0 bridgehead atoms. The van der Waals surface area contributed by atoms with Crippen LogP contribution in [0.4, 0.5) is 11.4 Å². The summed E-state index contributed by atoms with van der Waals surface area (Å²) in [6.45, 7) is 4.77. The Morgan fingerprint density at radius 1 is 1.07 bits per heavy atom. The second-order valence-electron chi connectivity index (χ2n) is 7.35. The molecule has 0 amide bonds. The lowest BCUT2D eigenvalue weighted by Crippen LogP contribution is -2.39. The molecule has 0 unspecified atom stereocenters. The van der Waals surface area contributed by atoms with E-state index in [1.165, 1.54) is 46.2 Å². The molecule has 0 aliphatic rings. The van der Waals surface area contributed by atoms with Crippen LogP contribution in [0.15, 0.2) is 38.8 Å². The second-order valence-corrected chi connectivity index (χ2v) is 7.35. The number of nitrogens with zero attached hydrogens (tertiary/aromatic N) is 3. The zero-order valence-electron chi connectivity index (χ0n) is 17.9. The van der Waals surface area contributed by atoms with Gasteiger partial charge in [0.1, 0.15) is 5.56 Å². The summed E-state index contributed by atoms with van der Waals surface area (Å²) in [5, 5.41) is 13.7. The number of benzene rings is 1. The summed E-state index contributed by atoms with van der Waals surface area (Å²) in [7, 11) is 2.80. The van der Waals surface area contributed by atoms with Crippen molar-refractivity contribution < 1.29 is 5.11 Å². The molecule has 1 heterocycles. The fourth-order valence-electron chi connectivity index (χ4n) is 3.22. The maximum atomic E-state index is 12.4. The number of hydrogen-bond donors (Lipinski definition) is 2. The summed E-state index contributed by atoms with van der Waals surface area (Å²) in [4.78, 5) is 28.8. The van der Waals surface area contributed by atoms with Gasteiger partial charge in [-0.05, 0) is 31.5 Å². The highest BCUT2D eigenvalue weighted by atomic mass is 16.3. The molecule has 0 saturated carbocycles. The van der Waals surface area contributed by atoms with E-state index in [4.69, 9.17) is 0 Å². The van der Waals surface area contributed by atoms with Crippen molar-refractivity contribution in [1.82, 2.24) is 9.13 Å². The molecule has 7 heteroatoms. The van der Waals surface area contributed by atoms with Crippen LogP contribution in [0.5, 0.6) is 5.88 Å². The monoisotopic (exact) mass is 400 g/mol. The van der Waals surface area contributed by atoms with Crippen LogP contribution in [0.2, 0.25) is 0 Å². The van der Waals surface area contributed by atoms with Crippen LogP contribution >= 0.6 is 0 Å². The molecular weight excluding hydrogens is 368 g/mol. The molecule has 2 aromatic rings. The number of nitrogens with one attached hydrogen (secondary N) is 1. The predicted octanol–water partition coefficient (Wildman–Crippen LogP) is 3.70. The Morgan fingerprint density at radius 3 is 2.48 bits per heavy atom. The molecule has 0 radical (unpaired) electrons. The van der Waals surface area contributed by atoms with Crippen LogP contribution in [0, 0.1) is 0 Å². The number of aromatic nitrogens is 2. The second kappa shape index (κ2) is 10.6. The van der Waals surface area contributed by atoms with Gasteiger partial charge in [0.05, 0.1) is 11.4 Å². The van der Waals surface area contributed by atoms with Crippen molar-refractivity contribution in [3.8, 4) is 5.88 Å². The van der Waals surface area contributed by atoms with E-state index in [9.17, 15) is 14.7 Å². The molecule has 2 N–H and O–H groups in total. The van der Waals surface area contributed by atoms with Crippen molar-refractivity contribution in [1.29, 1.82) is 0 Å². The lowest BCUT2D eigenvalue weighted by molar-refractivity contribution is 0.410. The molecule has 158 valence electrons.